The van der Waals surface area contributed by atoms with Gasteiger partial charge in [0.25, 0.3) is 0 Å². The van der Waals surface area contributed by atoms with Crippen molar-refractivity contribution in [1.82, 2.24) is 9.80 Å². The maximum atomic E-state index is 13.6. The maximum absolute atomic E-state index is 13.6. The molecular weight excluding hydrogens is 381 g/mol. The molecule has 0 bridgehead atoms. The molecule has 162 valence electrons. The smallest absolute Gasteiger partial charge is 0.322 e. The van der Waals surface area contributed by atoms with Crippen LogP contribution in [0.25, 0.3) is 0 Å². The van der Waals surface area contributed by atoms with Crippen LogP contribution in [0.2, 0.25) is 0 Å². The van der Waals surface area contributed by atoms with Crippen LogP contribution in [0.15, 0.2) is 54.6 Å². The number of halogens is 1. The molecular formula is C24H32FN3O2. The lowest BCUT2D eigenvalue weighted by Gasteiger charge is -2.39. The van der Waals surface area contributed by atoms with Crippen LogP contribution >= 0.6 is 0 Å². The summed E-state index contributed by atoms with van der Waals surface area (Å²) in [5.41, 5.74) is 1.96. The van der Waals surface area contributed by atoms with E-state index < -0.39 is 5.85 Å². The summed E-state index contributed by atoms with van der Waals surface area (Å²) in [6.07, 6.45) is 2.08. The summed E-state index contributed by atoms with van der Waals surface area (Å²) >= 11 is 0. The van der Waals surface area contributed by atoms with Crippen molar-refractivity contribution in [3.8, 4) is 5.75 Å². The fraction of sp³-hybridized carbons (Fsp3) is 0.458. The number of ether oxygens (including phenoxy) is 1. The van der Waals surface area contributed by atoms with Crippen molar-refractivity contribution in [3.05, 3.63) is 60.2 Å². The summed E-state index contributed by atoms with van der Waals surface area (Å²) in [5, 5.41) is 2.96. The lowest BCUT2D eigenvalue weighted by Crippen LogP contribution is -2.51. The predicted molar refractivity (Wildman–Crippen MR) is 118 cm³/mol. The molecule has 0 radical (unpaired) electrons. The van der Waals surface area contributed by atoms with Crippen LogP contribution in [0.1, 0.15) is 39.2 Å². The fourth-order valence-electron chi connectivity index (χ4n) is 3.92. The molecule has 0 saturated carbocycles. The topological polar surface area (TPSA) is 44.8 Å². The molecule has 2 aromatic carbocycles. The highest BCUT2D eigenvalue weighted by molar-refractivity contribution is 5.89. The second kappa shape index (κ2) is 9.94. The first-order chi connectivity index (χ1) is 14.3. The standard InChI is InChI=1S/C24H32FN3O2/c1-4-28(21-11-8-16-27(18-21)17-19-9-6-5-7-10-19)23(29)26-20-12-14-22(15-13-20)30-24(2,3)25/h5-7,9-10,12-15,21H,4,8,11,16-18H2,1-3H3,(H,26,29). The molecule has 30 heavy (non-hydrogen) atoms. The Labute approximate surface area is 178 Å². The highest BCUT2D eigenvalue weighted by atomic mass is 19.2. The number of piperidine rings is 1. The fourth-order valence-corrected chi connectivity index (χ4v) is 3.92. The van der Waals surface area contributed by atoms with Gasteiger partial charge < -0.3 is 15.0 Å². The van der Waals surface area contributed by atoms with Crippen molar-refractivity contribution in [1.29, 1.82) is 0 Å². The number of anilines is 1. The number of likely N-dealkylation sites (N-methyl/N-ethyl adjacent to an activating group) is 1. The molecule has 1 N–H and O–H groups in total. The Morgan fingerprint density at radius 1 is 1.20 bits per heavy atom. The molecule has 6 heteroatoms. The van der Waals surface area contributed by atoms with Gasteiger partial charge >= 0.3 is 6.03 Å². The van der Waals surface area contributed by atoms with Crippen molar-refractivity contribution in [2.75, 3.05) is 25.0 Å². The van der Waals surface area contributed by atoms with E-state index in [1.807, 2.05) is 17.9 Å². The van der Waals surface area contributed by atoms with Gasteiger partial charge in [0.15, 0.2) is 0 Å². The van der Waals surface area contributed by atoms with Gasteiger partial charge in [0.2, 0.25) is 5.85 Å². The molecule has 1 fully saturated rings. The Hall–Kier alpha value is -2.60. The minimum Gasteiger partial charge on any atom is -0.459 e. The Morgan fingerprint density at radius 2 is 1.90 bits per heavy atom. The number of urea groups is 1. The second-order valence-corrected chi connectivity index (χ2v) is 8.22. The van der Waals surface area contributed by atoms with Crippen LogP contribution in [0.3, 0.4) is 0 Å². The number of benzene rings is 2. The number of alkyl halides is 1. The van der Waals surface area contributed by atoms with Gasteiger partial charge in [-0.05, 0) is 56.1 Å². The Balaban J connectivity index is 1.58. The van der Waals surface area contributed by atoms with Crippen molar-refractivity contribution in [2.24, 2.45) is 0 Å². The molecule has 1 heterocycles. The first-order valence-electron chi connectivity index (χ1n) is 10.7. The Bertz CT molecular complexity index is 805. The van der Waals surface area contributed by atoms with Gasteiger partial charge in [-0.15, -0.1) is 0 Å². The number of rotatable bonds is 7. The van der Waals surface area contributed by atoms with Crippen LogP contribution in [0, 0.1) is 0 Å². The van der Waals surface area contributed by atoms with E-state index in [-0.39, 0.29) is 12.1 Å². The third-order valence-corrected chi connectivity index (χ3v) is 5.24. The second-order valence-electron chi connectivity index (χ2n) is 8.22. The number of amides is 2. The summed E-state index contributed by atoms with van der Waals surface area (Å²) in [4.78, 5) is 17.3. The normalized spacial score (nSPS) is 17.4. The maximum Gasteiger partial charge on any atom is 0.322 e. The van der Waals surface area contributed by atoms with Gasteiger partial charge in [-0.25, -0.2) is 4.79 Å². The molecule has 2 aromatic rings. The summed E-state index contributed by atoms with van der Waals surface area (Å²) in [6, 6.07) is 17.3. The third-order valence-electron chi connectivity index (χ3n) is 5.24. The summed E-state index contributed by atoms with van der Waals surface area (Å²) < 4.78 is 18.8. The van der Waals surface area contributed by atoms with E-state index in [2.05, 4.69) is 34.5 Å². The highest BCUT2D eigenvalue weighted by Gasteiger charge is 2.28. The first kappa shape index (κ1) is 22.1. The van der Waals surface area contributed by atoms with E-state index in [1.165, 1.54) is 19.4 Å². The summed E-state index contributed by atoms with van der Waals surface area (Å²) in [5.74, 6) is -1.31. The van der Waals surface area contributed by atoms with E-state index >= 15 is 0 Å². The molecule has 0 spiro atoms. The van der Waals surface area contributed by atoms with Crippen molar-refractivity contribution >= 4 is 11.7 Å². The van der Waals surface area contributed by atoms with Gasteiger partial charge in [0.05, 0.1) is 0 Å². The molecule has 0 aliphatic carbocycles. The van der Waals surface area contributed by atoms with Gasteiger partial charge in [0.1, 0.15) is 5.75 Å². The Morgan fingerprint density at radius 3 is 2.53 bits per heavy atom. The quantitative estimate of drug-likeness (QED) is 0.671. The number of hydrogen-bond acceptors (Lipinski definition) is 3. The van der Waals surface area contributed by atoms with Gasteiger partial charge in [-0.2, -0.15) is 4.39 Å². The molecule has 3 rings (SSSR count). The van der Waals surface area contributed by atoms with E-state index in [0.717, 1.165) is 32.5 Å². The first-order valence-corrected chi connectivity index (χ1v) is 10.7. The molecule has 0 aromatic heterocycles. The number of carbonyl (C=O) groups excluding carboxylic acids is 1. The lowest BCUT2D eigenvalue weighted by atomic mass is 10.0. The molecule has 1 saturated heterocycles. The predicted octanol–water partition coefficient (Wildman–Crippen LogP) is 5.29. The number of carbonyl (C=O) groups is 1. The zero-order chi connectivity index (χ0) is 21.6. The zero-order valence-electron chi connectivity index (χ0n) is 18.1. The SMILES string of the molecule is CCN(C(=O)Nc1ccc(OC(C)(C)F)cc1)C1CCCN(Cc2ccccc2)C1. The van der Waals surface area contributed by atoms with Crippen LogP contribution in [-0.4, -0.2) is 47.4 Å². The summed E-state index contributed by atoms with van der Waals surface area (Å²) in [6.45, 7) is 8.19. The van der Waals surface area contributed by atoms with E-state index in [1.54, 1.807) is 24.3 Å². The van der Waals surface area contributed by atoms with Gasteiger partial charge in [0, 0.05) is 45.2 Å². The molecule has 1 aliphatic rings. The summed E-state index contributed by atoms with van der Waals surface area (Å²) in [7, 11) is 0. The van der Waals surface area contributed by atoms with Crippen LogP contribution in [-0.2, 0) is 6.54 Å². The average molecular weight is 414 g/mol. The van der Waals surface area contributed by atoms with E-state index in [0.29, 0.717) is 18.0 Å². The molecule has 1 atom stereocenters. The van der Waals surface area contributed by atoms with Crippen LogP contribution in [0.4, 0.5) is 14.9 Å². The largest absolute Gasteiger partial charge is 0.459 e. The molecule has 2 amide bonds. The van der Waals surface area contributed by atoms with E-state index in [9.17, 15) is 9.18 Å². The zero-order valence-corrected chi connectivity index (χ0v) is 18.1. The minimum atomic E-state index is -1.74. The van der Waals surface area contributed by atoms with Gasteiger partial charge in [-0.1, -0.05) is 30.3 Å². The monoisotopic (exact) mass is 413 g/mol. The van der Waals surface area contributed by atoms with E-state index in [4.69, 9.17) is 4.74 Å². The molecule has 1 aliphatic heterocycles. The number of nitrogens with one attached hydrogen (secondary N) is 1. The van der Waals surface area contributed by atoms with Crippen LogP contribution < -0.4 is 10.1 Å². The number of nitrogens with zero attached hydrogens (tertiary/aromatic N) is 2. The number of likely N-dealkylation sites (tertiary alicyclic amines) is 1. The third kappa shape index (κ3) is 6.46. The molecule has 1 unspecified atom stereocenters. The molecule has 5 nitrogen and oxygen atoms in total. The van der Waals surface area contributed by atoms with Crippen molar-refractivity contribution in [2.45, 2.75) is 52.1 Å². The van der Waals surface area contributed by atoms with Crippen molar-refractivity contribution in [3.63, 3.8) is 0 Å². The van der Waals surface area contributed by atoms with Gasteiger partial charge in [-0.3, -0.25) is 4.90 Å². The average Bonchev–Trinajstić information content (AvgIpc) is 2.70. The minimum absolute atomic E-state index is 0.108. The highest BCUT2D eigenvalue weighted by Crippen LogP contribution is 2.23. The lowest BCUT2D eigenvalue weighted by molar-refractivity contribution is -0.0256. The van der Waals surface area contributed by atoms with Crippen molar-refractivity contribution < 1.29 is 13.9 Å². The number of hydrogen-bond donors (Lipinski definition) is 1. The Kier molecular flexibility index (Phi) is 7.32. The van der Waals surface area contributed by atoms with Crippen LogP contribution in [0.5, 0.6) is 5.75 Å².